The molecule has 7 heavy (non-hydrogen) atoms. The predicted octanol–water partition coefficient (Wildman–Crippen LogP) is 2.65. The highest BCUT2D eigenvalue weighted by atomic mass is 14.0. The van der Waals surface area contributed by atoms with Crippen LogP contribution in [-0.4, -0.2) is 0 Å². The second-order valence-corrected chi connectivity index (χ2v) is 1.91. The summed E-state index contributed by atoms with van der Waals surface area (Å²) in [4.78, 5) is 0. The summed E-state index contributed by atoms with van der Waals surface area (Å²) < 4.78 is 0. The third-order valence-corrected chi connectivity index (χ3v) is 1.52. The molecule has 1 radical (unpaired) electrons. The zero-order valence-corrected chi connectivity index (χ0v) is 5.57. The van der Waals surface area contributed by atoms with Crippen molar-refractivity contribution in [2.75, 3.05) is 0 Å². The summed E-state index contributed by atoms with van der Waals surface area (Å²) in [7, 11) is 0. The standard InChI is InChI=1S/C7H15/c1-4-7(5-2)6-3/h4,7H,5-6H2,1-3H3. The van der Waals surface area contributed by atoms with Crippen LogP contribution in [0, 0.1) is 12.3 Å². The SMILES string of the molecule is C[CH]C(CC)CC. The molecule has 0 unspecified atom stereocenters. The van der Waals surface area contributed by atoms with Crippen molar-refractivity contribution in [1.82, 2.24) is 0 Å². The predicted molar refractivity (Wildman–Crippen MR) is 34.0 cm³/mol. The van der Waals surface area contributed by atoms with E-state index in [-0.39, 0.29) is 0 Å². The van der Waals surface area contributed by atoms with E-state index in [1.807, 2.05) is 0 Å². The molecule has 0 heterocycles. The first-order valence-corrected chi connectivity index (χ1v) is 3.14. The Labute approximate surface area is 46.9 Å². The van der Waals surface area contributed by atoms with Gasteiger partial charge >= 0.3 is 0 Å². The van der Waals surface area contributed by atoms with Gasteiger partial charge in [-0.3, -0.25) is 0 Å². The van der Waals surface area contributed by atoms with Crippen LogP contribution in [0.5, 0.6) is 0 Å². The Morgan fingerprint density at radius 3 is 1.71 bits per heavy atom. The van der Waals surface area contributed by atoms with Crippen molar-refractivity contribution in [3.63, 3.8) is 0 Å². The molecule has 0 saturated carbocycles. The first-order valence-electron chi connectivity index (χ1n) is 3.14. The normalized spacial score (nSPS) is 10.3. The van der Waals surface area contributed by atoms with E-state index in [1.165, 1.54) is 12.8 Å². The zero-order chi connectivity index (χ0) is 5.70. The lowest BCUT2D eigenvalue weighted by molar-refractivity contribution is 0.566. The Hall–Kier alpha value is 0. The lowest BCUT2D eigenvalue weighted by Gasteiger charge is -2.05. The quantitative estimate of drug-likeness (QED) is 0.510. The van der Waals surface area contributed by atoms with Crippen molar-refractivity contribution < 1.29 is 0 Å². The van der Waals surface area contributed by atoms with Crippen molar-refractivity contribution in [1.29, 1.82) is 0 Å². The molecule has 0 nitrogen and oxygen atoms in total. The molecule has 0 spiro atoms. The van der Waals surface area contributed by atoms with Gasteiger partial charge in [-0.2, -0.15) is 0 Å². The summed E-state index contributed by atoms with van der Waals surface area (Å²) in [6, 6.07) is 0. The molecule has 0 amide bonds. The molecule has 0 N–H and O–H groups in total. The van der Waals surface area contributed by atoms with Gasteiger partial charge in [0, 0.05) is 0 Å². The molecule has 0 bridgehead atoms. The average molecular weight is 99.2 g/mol. The second-order valence-electron chi connectivity index (χ2n) is 1.91. The summed E-state index contributed by atoms with van der Waals surface area (Å²) in [5, 5.41) is 0. The summed E-state index contributed by atoms with van der Waals surface area (Å²) in [6.07, 6.45) is 4.88. The third-order valence-electron chi connectivity index (χ3n) is 1.52. The summed E-state index contributed by atoms with van der Waals surface area (Å²) in [5.74, 6) is 0.861. The molecule has 0 saturated heterocycles. The summed E-state index contributed by atoms with van der Waals surface area (Å²) in [5.41, 5.74) is 0. The van der Waals surface area contributed by atoms with Crippen molar-refractivity contribution in [2.24, 2.45) is 5.92 Å². The van der Waals surface area contributed by atoms with Crippen LogP contribution in [0.4, 0.5) is 0 Å². The van der Waals surface area contributed by atoms with E-state index < -0.39 is 0 Å². The van der Waals surface area contributed by atoms with Gasteiger partial charge in [0.2, 0.25) is 0 Å². The lowest BCUT2D eigenvalue weighted by atomic mass is 10.0. The van der Waals surface area contributed by atoms with Crippen LogP contribution < -0.4 is 0 Å². The van der Waals surface area contributed by atoms with E-state index in [2.05, 4.69) is 27.2 Å². The van der Waals surface area contributed by atoms with Crippen molar-refractivity contribution in [2.45, 2.75) is 33.6 Å². The van der Waals surface area contributed by atoms with E-state index >= 15 is 0 Å². The van der Waals surface area contributed by atoms with Crippen LogP contribution in [0.1, 0.15) is 33.6 Å². The molecule has 0 rings (SSSR count). The summed E-state index contributed by atoms with van der Waals surface area (Å²) in [6.45, 7) is 6.60. The highest BCUT2D eigenvalue weighted by Gasteiger charge is 1.96. The van der Waals surface area contributed by atoms with E-state index in [1.54, 1.807) is 0 Å². The number of hydrogen-bond acceptors (Lipinski definition) is 0. The van der Waals surface area contributed by atoms with Gasteiger partial charge in [-0.15, -0.1) is 0 Å². The molecular formula is C7H15. The first-order chi connectivity index (χ1) is 3.35. The van der Waals surface area contributed by atoms with E-state index in [0.29, 0.717) is 0 Å². The molecule has 43 valence electrons. The topological polar surface area (TPSA) is 0 Å². The van der Waals surface area contributed by atoms with Gasteiger partial charge in [0.1, 0.15) is 0 Å². The van der Waals surface area contributed by atoms with Gasteiger partial charge in [0.15, 0.2) is 0 Å². The van der Waals surface area contributed by atoms with Gasteiger partial charge in [-0.05, 0) is 12.3 Å². The van der Waals surface area contributed by atoms with E-state index in [4.69, 9.17) is 0 Å². The Balaban J connectivity index is 2.99. The Kier molecular flexibility index (Phi) is 4.17. The fourth-order valence-corrected chi connectivity index (χ4v) is 0.760. The van der Waals surface area contributed by atoms with Crippen LogP contribution in [0.2, 0.25) is 0 Å². The molecular weight excluding hydrogens is 84.1 g/mol. The fraction of sp³-hybridized carbons (Fsp3) is 0.857. The maximum absolute atomic E-state index is 2.28. The smallest absolute Gasteiger partial charge is 0.0386 e. The van der Waals surface area contributed by atoms with Gasteiger partial charge in [-0.25, -0.2) is 0 Å². The fourth-order valence-electron chi connectivity index (χ4n) is 0.760. The second kappa shape index (κ2) is 4.17. The third kappa shape index (κ3) is 2.67. The van der Waals surface area contributed by atoms with E-state index in [9.17, 15) is 0 Å². The molecule has 0 atom stereocenters. The zero-order valence-electron chi connectivity index (χ0n) is 5.57. The molecule has 0 aliphatic heterocycles. The minimum atomic E-state index is 0.861. The Bertz CT molecular complexity index is 21.5. The van der Waals surface area contributed by atoms with Gasteiger partial charge in [0.05, 0.1) is 0 Å². The van der Waals surface area contributed by atoms with Crippen LogP contribution in [0.3, 0.4) is 0 Å². The highest BCUT2D eigenvalue weighted by Crippen LogP contribution is 2.08. The van der Waals surface area contributed by atoms with Crippen LogP contribution >= 0.6 is 0 Å². The minimum Gasteiger partial charge on any atom is -0.0651 e. The van der Waals surface area contributed by atoms with Crippen molar-refractivity contribution >= 4 is 0 Å². The molecule has 0 aromatic rings. The molecule has 0 aromatic carbocycles. The van der Waals surface area contributed by atoms with Crippen LogP contribution in [0.15, 0.2) is 0 Å². The van der Waals surface area contributed by atoms with Crippen LogP contribution in [0.25, 0.3) is 0 Å². The van der Waals surface area contributed by atoms with Crippen molar-refractivity contribution in [3.8, 4) is 0 Å². The molecule has 0 aliphatic carbocycles. The average Bonchev–Trinajstić information content (AvgIpc) is 1.72. The van der Waals surface area contributed by atoms with Gasteiger partial charge < -0.3 is 0 Å². The van der Waals surface area contributed by atoms with Gasteiger partial charge in [0.25, 0.3) is 0 Å². The molecule has 0 aromatic heterocycles. The molecule has 0 aliphatic rings. The largest absolute Gasteiger partial charge is 0.0651 e. The number of rotatable bonds is 3. The lowest BCUT2D eigenvalue weighted by Crippen LogP contribution is -1.92. The highest BCUT2D eigenvalue weighted by molar-refractivity contribution is 4.66. The van der Waals surface area contributed by atoms with Gasteiger partial charge in [-0.1, -0.05) is 33.6 Å². The molecule has 0 heteroatoms. The minimum absolute atomic E-state index is 0.861. The Morgan fingerprint density at radius 1 is 1.29 bits per heavy atom. The summed E-state index contributed by atoms with van der Waals surface area (Å²) >= 11 is 0. The first kappa shape index (κ1) is 7.00. The van der Waals surface area contributed by atoms with E-state index in [0.717, 1.165) is 5.92 Å². The Morgan fingerprint density at radius 2 is 1.71 bits per heavy atom. The van der Waals surface area contributed by atoms with Crippen molar-refractivity contribution in [3.05, 3.63) is 6.42 Å². The van der Waals surface area contributed by atoms with Crippen LogP contribution in [-0.2, 0) is 0 Å². The number of hydrogen-bond donors (Lipinski definition) is 0. The molecule has 0 fully saturated rings. The monoisotopic (exact) mass is 99.1 g/mol. The maximum Gasteiger partial charge on any atom is -0.0386 e. The maximum atomic E-state index is 2.28.